The van der Waals surface area contributed by atoms with E-state index >= 15 is 0 Å². The van der Waals surface area contributed by atoms with Gasteiger partial charge in [0.15, 0.2) is 0 Å². The van der Waals surface area contributed by atoms with Crippen LogP contribution in [0.15, 0.2) is 24.3 Å². The van der Waals surface area contributed by atoms with E-state index in [2.05, 4.69) is 43.4 Å². The smallest absolute Gasteiger partial charge is 0.119 e. The highest BCUT2D eigenvalue weighted by Crippen LogP contribution is 2.13. The van der Waals surface area contributed by atoms with E-state index in [-0.39, 0.29) is 0 Å². The first-order valence-electron chi connectivity index (χ1n) is 7.70. The normalized spacial score (nSPS) is 12.3. The lowest BCUT2D eigenvalue weighted by Crippen LogP contribution is -2.29. The molecule has 1 rings (SSSR count). The molecule has 1 N–H and O–H groups in total. The molecule has 0 aliphatic heterocycles. The van der Waals surface area contributed by atoms with E-state index in [1.165, 1.54) is 24.8 Å². The van der Waals surface area contributed by atoms with Gasteiger partial charge in [0, 0.05) is 19.7 Å². The van der Waals surface area contributed by atoms with E-state index < -0.39 is 0 Å². The van der Waals surface area contributed by atoms with Gasteiger partial charge in [-0.2, -0.15) is 0 Å². The molecule has 1 atom stereocenters. The first kappa shape index (κ1) is 17.0. The lowest BCUT2D eigenvalue weighted by Gasteiger charge is -2.13. The molecule has 3 heteroatoms. The van der Waals surface area contributed by atoms with Crippen molar-refractivity contribution in [2.75, 3.05) is 20.3 Å². The number of nitrogens with one attached hydrogen (secondary N) is 1. The number of benzene rings is 1. The zero-order valence-electron chi connectivity index (χ0n) is 13.2. The van der Waals surface area contributed by atoms with Crippen LogP contribution in [-0.2, 0) is 11.3 Å². The Morgan fingerprint density at radius 2 is 1.85 bits per heavy atom. The van der Waals surface area contributed by atoms with Gasteiger partial charge < -0.3 is 14.8 Å². The number of hydrogen-bond donors (Lipinski definition) is 1. The molecule has 1 aromatic carbocycles. The summed E-state index contributed by atoms with van der Waals surface area (Å²) in [5.41, 5.74) is 1.27. The third kappa shape index (κ3) is 7.51. The van der Waals surface area contributed by atoms with Gasteiger partial charge in [-0.15, -0.1) is 0 Å². The summed E-state index contributed by atoms with van der Waals surface area (Å²) in [6.07, 6.45) is 4.97. The van der Waals surface area contributed by atoms with Crippen LogP contribution in [0, 0.1) is 0 Å². The molecule has 114 valence electrons. The maximum absolute atomic E-state index is 5.73. The van der Waals surface area contributed by atoms with E-state index in [1.54, 1.807) is 7.11 Å². The second-order valence-corrected chi connectivity index (χ2v) is 5.29. The molecule has 0 aliphatic rings. The maximum Gasteiger partial charge on any atom is 0.119 e. The Morgan fingerprint density at radius 1 is 1.10 bits per heavy atom. The van der Waals surface area contributed by atoms with Gasteiger partial charge in [-0.1, -0.05) is 38.3 Å². The molecule has 0 saturated carbocycles. The van der Waals surface area contributed by atoms with Crippen LogP contribution in [0.25, 0.3) is 0 Å². The van der Waals surface area contributed by atoms with E-state index in [9.17, 15) is 0 Å². The molecule has 0 aromatic heterocycles. The summed E-state index contributed by atoms with van der Waals surface area (Å²) < 4.78 is 10.8. The summed E-state index contributed by atoms with van der Waals surface area (Å²) in [6, 6.07) is 8.71. The minimum atomic E-state index is 0.370. The Balaban J connectivity index is 2.22. The van der Waals surface area contributed by atoms with Crippen molar-refractivity contribution in [3.63, 3.8) is 0 Å². The van der Waals surface area contributed by atoms with Crippen LogP contribution in [0.4, 0.5) is 0 Å². The Bertz CT molecular complexity index is 337. The maximum atomic E-state index is 5.73. The Kier molecular flexibility index (Phi) is 9.09. The highest BCUT2D eigenvalue weighted by atomic mass is 16.5. The minimum absolute atomic E-state index is 0.370. The highest BCUT2D eigenvalue weighted by molar-refractivity contribution is 5.27. The van der Waals surface area contributed by atoms with Gasteiger partial charge in [-0.05, 0) is 31.0 Å². The average molecular weight is 279 g/mol. The molecule has 0 amide bonds. The van der Waals surface area contributed by atoms with E-state index in [4.69, 9.17) is 9.47 Å². The number of ether oxygens (including phenoxy) is 2. The predicted octanol–water partition coefficient (Wildman–Crippen LogP) is 3.77. The van der Waals surface area contributed by atoms with Crippen molar-refractivity contribution in [3.05, 3.63) is 29.8 Å². The van der Waals surface area contributed by atoms with Crippen molar-refractivity contribution >= 4 is 0 Å². The first-order valence-corrected chi connectivity index (χ1v) is 7.70. The molecule has 3 nitrogen and oxygen atoms in total. The van der Waals surface area contributed by atoms with Crippen LogP contribution in [0.2, 0.25) is 0 Å². The third-order valence-electron chi connectivity index (χ3n) is 3.26. The van der Waals surface area contributed by atoms with Crippen LogP contribution in [-0.4, -0.2) is 26.4 Å². The third-order valence-corrected chi connectivity index (χ3v) is 3.26. The monoisotopic (exact) mass is 279 g/mol. The Hall–Kier alpha value is -1.06. The van der Waals surface area contributed by atoms with Crippen molar-refractivity contribution in [1.29, 1.82) is 0 Å². The molecule has 0 bridgehead atoms. The van der Waals surface area contributed by atoms with Crippen LogP contribution in [0.1, 0.15) is 45.1 Å². The van der Waals surface area contributed by atoms with E-state index in [1.807, 2.05) is 0 Å². The fraction of sp³-hybridized carbons (Fsp3) is 0.647. The molecular weight excluding hydrogens is 250 g/mol. The second kappa shape index (κ2) is 10.7. The molecule has 20 heavy (non-hydrogen) atoms. The van der Waals surface area contributed by atoms with Gasteiger partial charge in [0.05, 0.1) is 13.2 Å². The highest BCUT2D eigenvalue weighted by Gasteiger charge is 2.01. The molecule has 0 fully saturated rings. The van der Waals surface area contributed by atoms with Gasteiger partial charge in [-0.3, -0.25) is 0 Å². The summed E-state index contributed by atoms with van der Waals surface area (Å²) >= 11 is 0. The summed E-state index contributed by atoms with van der Waals surface area (Å²) in [4.78, 5) is 0. The number of unbranched alkanes of at least 4 members (excludes halogenated alkanes) is 3. The predicted molar refractivity (Wildman–Crippen MR) is 84.3 cm³/mol. The summed E-state index contributed by atoms with van der Waals surface area (Å²) in [6.45, 7) is 6.77. The number of rotatable bonds is 11. The van der Waals surface area contributed by atoms with Crippen molar-refractivity contribution in [3.8, 4) is 5.75 Å². The van der Waals surface area contributed by atoms with Gasteiger partial charge >= 0.3 is 0 Å². The molecule has 0 saturated heterocycles. The molecule has 0 heterocycles. The van der Waals surface area contributed by atoms with Crippen LogP contribution < -0.4 is 10.1 Å². The van der Waals surface area contributed by atoms with E-state index in [0.717, 1.165) is 31.9 Å². The van der Waals surface area contributed by atoms with Crippen LogP contribution >= 0.6 is 0 Å². The molecule has 0 radical (unpaired) electrons. The minimum Gasteiger partial charge on any atom is -0.494 e. The molecular formula is C17H29NO2. The van der Waals surface area contributed by atoms with Crippen molar-refractivity contribution in [2.45, 2.75) is 52.1 Å². The van der Waals surface area contributed by atoms with Gasteiger partial charge in [0.25, 0.3) is 0 Å². The standard InChI is InChI=1S/C17H29NO2/c1-4-5-6-7-12-20-17-10-8-16(9-11-17)13-18-15(2)14-19-3/h8-11,15,18H,4-7,12-14H2,1-3H3. The van der Waals surface area contributed by atoms with E-state index in [0.29, 0.717) is 6.04 Å². The first-order chi connectivity index (χ1) is 9.76. The van der Waals surface area contributed by atoms with Crippen molar-refractivity contribution < 1.29 is 9.47 Å². The lowest BCUT2D eigenvalue weighted by molar-refractivity contribution is 0.171. The zero-order valence-corrected chi connectivity index (χ0v) is 13.2. The van der Waals surface area contributed by atoms with Gasteiger partial charge in [0.2, 0.25) is 0 Å². The SMILES string of the molecule is CCCCCCOc1ccc(CNC(C)COC)cc1. The topological polar surface area (TPSA) is 30.5 Å². The van der Waals surface area contributed by atoms with Crippen LogP contribution in [0.3, 0.4) is 0 Å². The molecule has 0 aliphatic carbocycles. The molecule has 1 aromatic rings. The zero-order chi connectivity index (χ0) is 14.6. The number of hydrogen-bond acceptors (Lipinski definition) is 3. The lowest BCUT2D eigenvalue weighted by atomic mass is 10.2. The Labute approximate surface area is 123 Å². The summed E-state index contributed by atoms with van der Waals surface area (Å²) in [5, 5.41) is 3.42. The Morgan fingerprint density at radius 3 is 2.50 bits per heavy atom. The largest absolute Gasteiger partial charge is 0.494 e. The van der Waals surface area contributed by atoms with Crippen molar-refractivity contribution in [2.24, 2.45) is 0 Å². The average Bonchev–Trinajstić information content (AvgIpc) is 2.46. The van der Waals surface area contributed by atoms with Crippen LogP contribution in [0.5, 0.6) is 5.75 Å². The quantitative estimate of drug-likeness (QED) is 0.625. The second-order valence-electron chi connectivity index (χ2n) is 5.29. The number of methoxy groups -OCH3 is 1. The van der Waals surface area contributed by atoms with Crippen molar-refractivity contribution in [1.82, 2.24) is 5.32 Å². The molecule has 0 spiro atoms. The fourth-order valence-electron chi connectivity index (χ4n) is 2.02. The van der Waals surface area contributed by atoms with Gasteiger partial charge in [0.1, 0.15) is 5.75 Å². The summed E-state index contributed by atoms with van der Waals surface area (Å²) in [5.74, 6) is 0.968. The summed E-state index contributed by atoms with van der Waals surface area (Å²) in [7, 11) is 1.73. The molecule has 1 unspecified atom stereocenters. The van der Waals surface area contributed by atoms with Gasteiger partial charge in [-0.25, -0.2) is 0 Å². The fourth-order valence-corrected chi connectivity index (χ4v) is 2.02.